The van der Waals surface area contributed by atoms with Gasteiger partial charge in [0, 0.05) is 12.4 Å². The van der Waals surface area contributed by atoms with Gasteiger partial charge in [0.2, 0.25) is 0 Å². The van der Waals surface area contributed by atoms with E-state index in [0.717, 1.165) is 0 Å². The maximum Gasteiger partial charge on any atom is 0.257 e. The predicted molar refractivity (Wildman–Crippen MR) is 66.4 cm³/mol. The number of anilines is 1. The molecule has 1 amide bonds. The molecule has 0 bridgehead atoms. The smallest absolute Gasteiger partial charge is 0.257 e. The molecule has 0 saturated carbocycles. The zero-order valence-corrected chi connectivity index (χ0v) is 9.57. The summed E-state index contributed by atoms with van der Waals surface area (Å²) in [5.74, 6) is 0.525. The predicted octanol–water partition coefficient (Wildman–Crippen LogP) is 2.67. The van der Waals surface area contributed by atoms with E-state index in [1.165, 1.54) is 0 Å². The zero-order chi connectivity index (χ0) is 12.1. The number of H-pyrrole nitrogens is 1. The number of carbonyl (C=O) groups is 1. The molecule has 1 aromatic carbocycles. The average molecular weight is 230 g/mol. The van der Waals surface area contributed by atoms with Crippen LogP contribution in [0.4, 0.5) is 5.69 Å². The molecule has 1 aromatic heterocycles. The van der Waals surface area contributed by atoms with Crippen molar-refractivity contribution >= 4 is 11.6 Å². The molecule has 2 rings (SSSR count). The number of benzene rings is 1. The van der Waals surface area contributed by atoms with Crippen LogP contribution in [0.15, 0.2) is 42.7 Å². The van der Waals surface area contributed by atoms with Crippen LogP contribution in [0.2, 0.25) is 0 Å². The second kappa shape index (κ2) is 5.21. The van der Waals surface area contributed by atoms with Crippen molar-refractivity contribution in [1.82, 2.24) is 4.98 Å². The molecule has 4 heteroatoms. The van der Waals surface area contributed by atoms with Crippen molar-refractivity contribution in [2.75, 3.05) is 11.9 Å². The molecule has 88 valence electrons. The molecule has 4 nitrogen and oxygen atoms in total. The molecule has 1 heterocycles. The highest BCUT2D eigenvalue weighted by Gasteiger charge is 2.09. The molecule has 17 heavy (non-hydrogen) atoms. The summed E-state index contributed by atoms with van der Waals surface area (Å²) in [4.78, 5) is 14.7. The summed E-state index contributed by atoms with van der Waals surface area (Å²) >= 11 is 0. The van der Waals surface area contributed by atoms with Crippen LogP contribution >= 0.6 is 0 Å². The van der Waals surface area contributed by atoms with Gasteiger partial charge in [-0.15, -0.1) is 0 Å². The summed E-state index contributed by atoms with van der Waals surface area (Å²) in [5, 5.41) is 2.81. The number of para-hydroxylation sites is 2. The van der Waals surface area contributed by atoms with E-state index >= 15 is 0 Å². The van der Waals surface area contributed by atoms with Gasteiger partial charge < -0.3 is 15.0 Å². The van der Waals surface area contributed by atoms with Gasteiger partial charge in [-0.1, -0.05) is 12.1 Å². The fraction of sp³-hybridized carbons (Fsp3) is 0.154. The number of carbonyl (C=O) groups excluding carboxylic acids is 1. The summed E-state index contributed by atoms with van der Waals surface area (Å²) in [6.45, 7) is 2.47. The van der Waals surface area contributed by atoms with Crippen molar-refractivity contribution in [2.24, 2.45) is 0 Å². The van der Waals surface area contributed by atoms with Crippen molar-refractivity contribution in [2.45, 2.75) is 6.92 Å². The SMILES string of the molecule is CCOc1ccccc1NC(=O)c1cc[nH]c1. The van der Waals surface area contributed by atoms with Crippen LogP contribution in [0.5, 0.6) is 5.75 Å². The minimum atomic E-state index is -0.154. The summed E-state index contributed by atoms with van der Waals surface area (Å²) < 4.78 is 5.43. The van der Waals surface area contributed by atoms with E-state index in [4.69, 9.17) is 4.74 Å². The number of ether oxygens (including phenoxy) is 1. The Hall–Kier alpha value is -2.23. The molecule has 0 aliphatic heterocycles. The summed E-state index contributed by atoms with van der Waals surface area (Å²) in [5.41, 5.74) is 1.27. The first-order chi connectivity index (χ1) is 8.31. The molecule has 0 spiro atoms. The second-order valence-corrected chi connectivity index (χ2v) is 3.48. The third-order valence-corrected chi connectivity index (χ3v) is 2.30. The monoisotopic (exact) mass is 230 g/mol. The first-order valence-corrected chi connectivity index (χ1v) is 5.47. The summed E-state index contributed by atoms with van der Waals surface area (Å²) in [6, 6.07) is 9.09. The lowest BCUT2D eigenvalue weighted by Gasteiger charge is -2.10. The Labute approximate surface area is 99.6 Å². The van der Waals surface area contributed by atoms with Gasteiger partial charge in [0.1, 0.15) is 5.75 Å². The van der Waals surface area contributed by atoms with Gasteiger partial charge in [0.25, 0.3) is 5.91 Å². The molecular weight excluding hydrogens is 216 g/mol. The third-order valence-electron chi connectivity index (χ3n) is 2.30. The Bertz CT molecular complexity index is 492. The molecule has 2 aromatic rings. The standard InChI is InChI=1S/C13H14N2O2/c1-2-17-12-6-4-3-5-11(12)15-13(16)10-7-8-14-9-10/h3-9,14H,2H2,1H3,(H,15,16). The van der Waals surface area contributed by atoms with Crippen LogP contribution in [0.3, 0.4) is 0 Å². The Balaban J connectivity index is 2.15. The normalized spacial score (nSPS) is 9.94. The molecule has 0 atom stereocenters. The number of hydrogen-bond donors (Lipinski definition) is 2. The molecule has 0 unspecified atom stereocenters. The number of rotatable bonds is 4. The number of aromatic nitrogens is 1. The minimum Gasteiger partial charge on any atom is -0.492 e. The van der Waals surface area contributed by atoms with Gasteiger partial charge in [-0.05, 0) is 25.1 Å². The Morgan fingerprint density at radius 3 is 2.88 bits per heavy atom. The molecule has 2 N–H and O–H groups in total. The van der Waals surface area contributed by atoms with Gasteiger partial charge in [-0.3, -0.25) is 4.79 Å². The lowest BCUT2D eigenvalue weighted by Crippen LogP contribution is -2.12. The number of hydrogen-bond acceptors (Lipinski definition) is 2. The van der Waals surface area contributed by atoms with E-state index in [2.05, 4.69) is 10.3 Å². The highest BCUT2D eigenvalue weighted by molar-refractivity contribution is 6.04. The molecule has 0 aliphatic carbocycles. The van der Waals surface area contributed by atoms with Crippen molar-refractivity contribution in [3.63, 3.8) is 0 Å². The second-order valence-electron chi connectivity index (χ2n) is 3.48. The van der Waals surface area contributed by atoms with Gasteiger partial charge in [-0.2, -0.15) is 0 Å². The van der Waals surface area contributed by atoms with Crippen LogP contribution in [0.1, 0.15) is 17.3 Å². The lowest BCUT2D eigenvalue weighted by atomic mass is 10.2. The van der Waals surface area contributed by atoms with Crippen LogP contribution in [-0.4, -0.2) is 17.5 Å². The molecular formula is C13H14N2O2. The Morgan fingerprint density at radius 2 is 2.18 bits per heavy atom. The van der Waals surface area contributed by atoms with Crippen molar-refractivity contribution in [3.05, 3.63) is 48.3 Å². The van der Waals surface area contributed by atoms with Crippen molar-refractivity contribution < 1.29 is 9.53 Å². The van der Waals surface area contributed by atoms with Crippen LogP contribution in [-0.2, 0) is 0 Å². The fourth-order valence-electron chi connectivity index (χ4n) is 1.51. The van der Waals surface area contributed by atoms with Crippen LogP contribution < -0.4 is 10.1 Å². The molecule has 0 radical (unpaired) electrons. The summed E-state index contributed by atoms with van der Waals surface area (Å²) in [7, 11) is 0. The lowest BCUT2D eigenvalue weighted by molar-refractivity contribution is 0.102. The van der Waals surface area contributed by atoms with Crippen molar-refractivity contribution in [3.8, 4) is 5.75 Å². The van der Waals surface area contributed by atoms with E-state index in [1.54, 1.807) is 18.5 Å². The van der Waals surface area contributed by atoms with E-state index in [1.807, 2.05) is 31.2 Å². The molecule has 0 fully saturated rings. The molecule has 0 aliphatic rings. The van der Waals surface area contributed by atoms with Crippen LogP contribution in [0, 0.1) is 0 Å². The van der Waals surface area contributed by atoms with Gasteiger partial charge in [0.15, 0.2) is 0 Å². The van der Waals surface area contributed by atoms with E-state index in [0.29, 0.717) is 23.6 Å². The Morgan fingerprint density at radius 1 is 1.35 bits per heavy atom. The fourth-order valence-corrected chi connectivity index (χ4v) is 1.51. The van der Waals surface area contributed by atoms with E-state index < -0.39 is 0 Å². The third kappa shape index (κ3) is 2.66. The van der Waals surface area contributed by atoms with Gasteiger partial charge in [0.05, 0.1) is 17.9 Å². The number of aromatic amines is 1. The average Bonchev–Trinajstić information content (AvgIpc) is 2.85. The number of nitrogens with one attached hydrogen (secondary N) is 2. The zero-order valence-electron chi connectivity index (χ0n) is 9.57. The van der Waals surface area contributed by atoms with Gasteiger partial charge >= 0.3 is 0 Å². The molecule has 0 saturated heterocycles. The van der Waals surface area contributed by atoms with Crippen LogP contribution in [0.25, 0.3) is 0 Å². The maximum atomic E-state index is 11.8. The quantitative estimate of drug-likeness (QED) is 0.848. The summed E-state index contributed by atoms with van der Waals surface area (Å²) in [6.07, 6.45) is 3.36. The first kappa shape index (κ1) is 11.3. The first-order valence-electron chi connectivity index (χ1n) is 5.47. The highest BCUT2D eigenvalue weighted by atomic mass is 16.5. The maximum absolute atomic E-state index is 11.8. The highest BCUT2D eigenvalue weighted by Crippen LogP contribution is 2.24. The van der Waals surface area contributed by atoms with E-state index in [9.17, 15) is 4.79 Å². The van der Waals surface area contributed by atoms with Crippen molar-refractivity contribution in [1.29, 1.82) is 0 Å². The number of amides is 1. The Kier molecular flexibility index (Phi) is 3.45. The topological polar surface area (TPSA) is 54.1 Å². The van der Waals surface area contributed by atoms with E-state index in [-0.39, 0.29) is 5.91 Å². The minimum absolute atomic E-state index is 0.154. The largest absolute Gasteiger partial charge is 0.492 e. The van der Waals surface area contributed by atoms with Gasteiger partial charge in [-0.25, -0.2) is 0 Å².